The van der Waals surface area contributed by atoms with E-state index in [4.69, 9.17) is 25.8 Å². The van der Waals surface area contributed by atoms with Crippen LogP contribution in [-0.2, 0) is 19.7 Å². The molecule has 12 heteroatoms. The maximum Gasteiger partial charge on any atom is 0.337 e. The molecule has 4 atom stereocenters. The number of rotatable bonds is 7. The van der Waals surface area contributed by atoms with Crippen molar-refractivity contribution in [2.45, 2.75) is 50.6 Å². The third-order valence-corrected chi connectivity index (χ3v) is 8.50. The van der Waals surface area contributed by atoms with Gasteiger partial charge in [0.1, 0.15) is 17.0 Å². The van der Waals surface area contributed by atoms with Crippen LogP contribution in [0.4, 0.5) is 15.8 Å². The Bertz CT molecular complexity index is 1640. The van der Waals surface area contributed by atoms with Gasteiger partial charge in [0.15, 0.2) is 0 Å². The number of anilines is 2. The molecule has 1 spiro atoms. The Labute approximate surface area is 259 Å². The number of halogens is 2. The Morgan fingerprint density at radius 1 is 1.11 bits per heavy atom. The molecule has 0 aliphatic carbocycles. The summed E-state index contributed by atoms with van der Waals surface area (Å²) in [5.41, 5.74) is -0.161. The number of pyridine rings is 1. The molecule has 0 saturated carbocycles. The van der Waals surface area contributed by atoms with E-state index in [1.54, 1.807) is 24.4 Å². The van der Waals surface area contributed by atoms with Crippen LogP contribution in [0.15, 0.2) is 48.7 Å². The molecular formula is C32H34ClFN4O6. The average molecular weight is 625 g/mol. The van der Waals surface area contributed by atoms with Gasteiger partial charge in [-0.15, -0.1) is 0 Å². The van der Waals surface area contributed by atoms with Crippen molar-refractivity contribution in [2.24, 2.45) is 5.41 Å². The van der Waals surface area contributed by atoms with Crippen LogP contribution in [0, 0.1) is 11.2 Å². The third kappa shape index (κ3) is 5.24. The fourth-order valence-electron chi connectivity index (χ4n) is 6.40. The second kappa shape index (κ2) is 11.7. The van der Waals surface area contributed by atoms with E-state index in [0.717, 1.165) is 0 Å². The lowest BCUT2D eigenvalue weighted by atomic mass is 9.62. The van der Waals surface area contributed by atoms with Crippen molar-refractivity contribution in [2.75, 3.05) is 32.0 Å². The number of nitrogens with one attached hydrogen (secondary N) is 3. The quantitative estimate of drug-likeness (QED) is 0.311. The van der Waals surface area contributed by atoms with Gasteiger partial charge in [0.2, 0.25) is 17.7 Å². The summed E-state index contributed by atoms with van der Waals surface area (Å²) < 4.78 is 31.5. The number of methoxy groups -OCH3 is 3. The first-order valence-electron chi connectivity index (χ1n) is 14.0. The van der Waals surface area contributed by atoms with Crippen LogP contribution in [0.5, 0.6) is 11.6 Å². The summed E-state index contributed by atoms with van der Waals surface area (Å²) in [6, 6.07) is 8.88. The van der Waals surface area contributed by atoms with Crippen molar-refractivity contribution in [3.05, 3.63) is 76.2 Å². The number of fused-ring (bicyclic) bond motifs is 2. The van der Waals surface area contributed by atoms with Crippen LogP contribution in [0.3, 0.4) is 0 Å². The van der Waals surface area contributed by atoms with Crippen LogP contribution in [0.2, 0.25) is 5.02 Å². The number of amides is 2. The number of carbonyl (C=O) groups excluding carboxylic acids is 3. The number of aromatic nitrogens is 1. The van der Waals surface area contributed by atoms with Crippen LogP contribution in [-0.4, -0.2) is 56.2 Å². The zero-order valence-electron chi connectivity index (χ0n) is 25.2. The molecule has 3 aromatic rings. The summed E-state index contributed by atoms with van der Waals surface area (Å²) in [6.45, 7) is 6.08. The van der Waals surface area contributed by atoms with E-state index >= 15 is 4.39 Å². The minimum atomic E-state index is -1.45. The molecule has 232 valence electrons. The van der Waals surface area contributed by atoms with Gasteiger partial charge >= 0.3 is 5.97 Å². The molecule has 2 aliphatic heterocycles. The van der Waals surface area contributed by atoms with Crippen molar-refractivity contribution >= 4 is 40.8 Å². The van der Waals surface area contributed by atoms with Crippen LogP contribution < -0.4 is 25.4 Å². The molecule has 5 rings (SSSR count). The maximum absolute atomic E-state index is 16.0. The normalized spacial score (nSPS) is 22.4. The van der Waals surface area contributed by atoms with Gasteiger partial charge in [-0.05, 0) is 41.7 Å². The highest BCUT2D eigenvalue weighted by atomic mass is 35.5. The second-order valence-electron chi connectivity index (χ2n) is 12.1. The van der Waals surface area contributed by atoms with Gasteiger partial charge in [-0.3, -0.25) is 9.59 Å². The largest absolute Gasteiger partial charge is 0.495 e. The van der Waals surface area contributed by atoms with E-state index in [1.807, 2.05) is 20.8 Å². The number of esters is 1. The maximum atomic E-state index is 16.0. The van der Waals surface area contributed by atoms with Gasteiger partial charge in [0, 0.05) is 29.8 Å². The fourth-order valence-corrected chi connectivity index (χ4v) is 6.58. The zero-order valence-corrected chi connectivity index (χ0v) is 26.0. The summed E-state index contributed by atoms with van der Waals surface area (Å²) in [5.74, 6) is -2.78. The highest BCUT2D eigenvalue weighted by Crippen LogP contribution is 2.57. The number of benzene rings is 2. The lowest BCUT2D eigenvalue weighted by molar-refractivity contribution is -0.122. The zero-order chi connectivity index (χ0) is 32.0. The summed E-state index contributed by atoms with van der Waals surface area (Å²) in [4.78, 5) is 45.1. The Balaban J connectivity index is 1.69. The Morgan fingerprint density at radius 3 is 2.52 bits per heavy atom. The number of hydrogen-bond acceptors (Lipinski definition) is 8. The monoisotopic (exact) mass is 624 g/mol. The van der Waals surface area contributed by atoms with Crippen molar-refractivity contribution in [3.63, 3.8) is 0 Å². The lowest BCUT2D eigenvalue weighted by Gasteiger charge is -2.37. The molecule has 10 nitrogen and oxygen atoms in total. The fraction of sp³-hybridized carbons (Fsp3) is 0.375. The minimum absolute atomic E-state index is 0.105. The minimum Gasteiger partial charge on any atom is -0.495 e. The smallest absolute Gasteiger partial charge is 0.337 e. The molecule has 0 unspecified atom stereocenters. The summed E-state index contributed by atoms with van der Waals surface area (Å²) >= 11 is 6.28. The van der Waals surface area contributed by atoms with Gasteiger partial charge in [-0.25, -0.2) is 14.2 Å². The van der Waals surface area contributed by atoms with Crippen LogP contribution in [0.1, 0.15) is 54.6 Å². The molecule has 1 fully saturated rings. The number of carbonyl (C=O) groups is 3. The third-order valence-electron chi connectivity index (χ3n) is 8.21. The first-order valence-corrected chi connectivity index (χ1v) is 14.4. The molecule has 3 N–H and O–H groups in total. The lowest BCUT2D eigenvalue weighted by Crippen LogP contribution is -2.49. The molecule has 2 amide bonds. The molecule has 0 bridgehead atoms. The van der Waals surface area contributed by atoms with Crippen molar-refractivity contribution < 1.29 is 33.0 Å². The molecule has 2 aromatic carbocycles. The van der Waals surface area contributed by atoms with Crippen molar-refractivity contribution in [1.29, 1.82) is 0 Å². The summed E-state index contributed by atoms with van der Waals surface area (Å²) in [6.07, 6.45) is 2.00. The van der Waals surface area contributed by atoms with Gasteiger partial charge in [0.25, 0.3) is 0 Å². The Kier molecular flexibility index (Phi) is 8.30. The van der Waals surface area contributed by atoms with Crippen LogP contribution in [0.25, 0.3) is 0 Å². The molecule has 3 heterocycles. The Hall–Kier alpha value is -4.22. The van der Waals surface area contributed by atoms with Gasteiger partial charge in [0.05, 0.1) is 49.3 Å². The number of nitrogens with zero attached hydrogens (tertiary/aromatic N) is 1. The molecule has 44 heavy (non-hydrogen) atoms. The molecule has 2 aliphatic rings. The predicted molar refractivity (Wildman–Crippen MR) is 163 cm³/mol. The molecule has 0 radical (unpaired) electrons. The second-order valence-corrected chi connectivity index (χ2v) is 12.5. The molecular weight excluding hydrogens is 591 g/mol. The first-order chi connectivity index (χ1) is 20.8. The van der Waals surface area contributed by atoms with E-state index in [1.165, 1.54) is 45.6 Å². The SMILES string of the molecule is COC(=O)c1ccc(NC(=O)[C@@H]2N[C@@H](CC(C)(C)C)[C@@]3(C(=O)Nc4cc(OC)ncc43)[C@H]2c2cccc(Cl)c2F)c(OC)c1. The topological polar surface area (TPSA) is 128 Å². The van der Waals surface area contributed by atoms with Gasteiger partial charge < -0.3 is 30.2 Å². The van der Waals surface area contributed by atoms with Gasteiger partial charge in [-0.2, -0.15) is 0 Å². The molecule has 1 saturated heterocycles. The molecule has 1 aromatic heterocycles. The van der Waals surface area contributed by atoms with E-state index < -0.39 is 47.0 Å². The van der Waals surface area contributed by atoms with E-state index in [-0.39, 0.29) is 33.0 Å². The number of ether oxygens (including phenoxy) is 3. The highest BCUT2D eigenvalue weighted by molar-refractivity contribution is 6.30. The van der Waals surface area contributed by atoms with Gasteiger partial charge in [-0.1, -0.05) is 44.5 Å². The first kappa shape index (κ1) is 31.2. The van der Waals surface area contributed by atoms with E-state index in [9.17, 15) is 14.4 Å². The standard InChI is InChI=1S/C32H34ClFN4O6/c1-31(2,3)14-23-32(18-15-35-24(43-5)13-21(18)37-30(32)41)25(17-8-7-9-19(33)26(17)34)27(38-23)28(39)36-20-11-10-16(29(40)44-6)12-22(20)42-4/h7-13,15,23,25,27,38H,14H2,1-6H3,(H,36,39)(H,37,41)/t23-,25-,27+,32+/m0/s1. The van der Waals surface area contributed by atoms with Crippen molar-refractivity contribution in [1.82, 2.24) is 10.3 Å². The predicted octanol–water partition coefficient (Wildman–Crippen LogP) is 5.07. The Morgan fingerprint density at radius 2 is 1.86 bits per heavy atom. The highest BCUT2D eigenvalue weighted by Gasteiger charge is 2.66. The van der Waals surface area contributed by atoms with Crippen LogP contribution >= 0.6 is 11.6 Å². The average Bonchev–Trinajstić information content (AvgIpc) is 3.47. The number of hydrogen-bond donors (Lipinski definition) is 3. The summed E-state index contributed by atoms with van der Waals surface area (Å²) in [7, 11) is 4.13. The van der Waals surface area contributed by atoms with E-state index in [0.29, 0.717) is 23.6 Å². The summed E-state index contributed by atoms with van der Waals surface area (Å²) in [5, 5.41) is 9.10. The van der Waals surface area contributed by atoms with Crippen molar-refractivity contribution in [3.8, 4) is 11.6 Å². The van der Waals surface area contributed by atoms with E-state index in [2.05, 4.69) is 20.9 Å².